The maximum atomic E-state index is 9.81. The summed E-state index contributed by atoms with van der Waals surface area (Å²) < 4.78 is 0. The van der Waals surface area contributed by atoms with Crippen LogP contribution in [0.1, 0.15) is 30.6 Å². The minimum atomic E-state index is -0.404. The van der Waals surface area contributed by atoms with Crippen molar-refractivity contribution in [1.82, 2.24) is 0 Å². The van der Waals surface area contributed by atoms with E-state index in [4.69, 9.17) is 0 Å². The van der Waals surface area contributed by atoms with Gasteiger partial charge in [0.05, 0.1) is 6.10 Å². The molecule has 0 spiro atoms. The van der Waals surface area contributed by atoms with Crippen molar-refractivity contribution in [1.29, 1.82) is 0 Å². The van der Waals surface area contributed by atoms with Crippen molar-refractivity contribution in [2.24, 2.45) is 0 Å². The first-order chi connectivity index (χ1) is 6.11. The van der Waals surface area contributed by atoms with Gasteiger partial charge in [-0.2, -0.15) is 0 Å². The van der Waals surface area contributed by atoms with E-state index in [0.29, 0.717) is 6.42 Å². The minimum Gasteiger partial charge on any atom is -0.388 e. The normalized spacial score (nSPS) is 12.5. The number of rotatable bonds is 3. The highest BCUT2D eigenvalue weighted by Crippen LogP contribution is 2.22. The van der Waals surface area contributed by atoms with Gasteiger partial charge in [0.25, 0.3) is 0 Å². The molecule has 0 unspecified atom stereocenters. The highest BCUT2D eigenvalue weighted by molar-refractivity contribution is 5.28. The molecule has 0 radical (unpaired) electrons. The predicted molar refractivity (Wildman–Crippen MR) is 55.6 cm³/mol. The van der Waals surface area contributed by atoms with Crippen LogP contribution in [0.5, 0.6) is 0 Å². The molecule has 1 heteroatoms. The molecular weight excluding hydrogens is 160 g/mol. The molecule has 0 saturated heterocycles. The Morgan fingerprint density at radius 3 is 2.62 bits per heavy atom. The fraction of sp³-hybridized carbons (Fsp3) is 0.333. The molecule has 0 heterocycles. The molecule has 70 valence electrons. The average Bonchev–Trinajstić information content (AvgIpc) is 2.03. The first-order valence-corrected chi connectivity index (χ1v) is 4.49. The summed E-state index contributed by atoms with van der Waals surface area (Å²) in [6, 6.07) is 7.90. The maximum absolute atomic E-state index is 9.81. The lowest BCUT2D eigenvalue weighted by Crippen LogP contribution is -1.99. The third-order valence-corrected chi connectivity index (χ3v) is 2.09. The molecule has 0 aromatic heterocycles. The van der Waals surface area contributed by atoms with Gasteiger partial charge in [0.15, 0.2) is 0 Å². The Kier molecular flexibility index (Phi) is 3.26. The van der Waals surface area contributed by atoms with Crippen molar-refractivity contribution in [3.63, 3.8) is 0 Å². The van der Waals surface area contributed by atoms with Crippen molar-refractivity contribution in [3.8, 4) is 0 Å². The van der Waals surface area contributed by atoms with Crippen LogP contribution in [0.15, 0.2) is 36.4 Å². The first kappa shape index (κ1) is 10.0. The van der Waals surface area contributed by atoms with Gasteiger partial charge in [-0.05, 0) is 31.4 Å². The molecule has 0 saturated carbocycles. The summed E-state index contributed by atoms with van der Waals surface area (Å²) in [5.41, 5.74) is 3.15. The Labute approximate surface area is 79.7 Å². The monoisotopic (exact) mass is 176 g/mol. The lowest BCUT2D eigenvalue weighted by Gasteiger charge is -2.12. The molecule has 1 rings (SSSR count). The molecule has 1 atom stereocenters. The molecule has 0 fully saturated rings. The van der Waals surface area contributed by atoms with Crippen molar-refractivity contribution in [3.05, 3.63) is 47.5 Å². The van der Waals surface area contributed by atoms with Crippen LogP contribution >= 0.6 is 0 Å². The van der Waals surface area contributed by atoms with Gasteiger partial charge in [-0.15, -0.1) is 6.58 Å². The lowest BCUT2D eigenvalue weighted by molar-refractivity contribution is 0.178. The van der Waals surface area contributed by atoms with Crippen molar-refractivity contribution < 1.29 is 5.11 Å². The van der Waals surface area contributed by atoms with E-state index in [-0.39, 0.29) is 0 Å². The Balaban J connectivity index is 2.82. The van der Waals surface area contributed by atoms with Crippen molar-refractivity contribution in [2.45, 2.75) is 26.4 Å². The zero-order valence-corrected chi connectivity index (χ0v) is 8.25. The van der Waals surface area contributed by atoms with E-state index in [2.05, 4.69) is 6.58 Å². The zero-order chi connectivity index (χ0) is 9.84. The van der Waals surface area contributed by atoms with E-state index in [1.54, 1.807) is 0 Å². The van der Waals surface area contributed by atoms with Gasteiger partial charge in [0.1, 0.15) is 0 Å². The SMILES string of the molecule is C=C(C)C[C@@H](O)c1ccccc1C. The van der Waals surface area contributed by atoms with E-state index in [1.807, 2.05) is 38.1 Å². The van der Waals surface area contributed by atoms with Crippen molar-refractivity contribution in [2.75, 3.05) is 0 Å². The van der Waals surface area contributed by atoms with Crippen LogP contribution in [0, 0.1) is 6.92 Å². The Hall–Kier alpha value is -1.08. The highest BCUT2D eigenvalue weighted by atomic mass is 16.3. The van der Waals surface area contributed by atoms with Crippen LogP contribution in [0.3, 0.4) is 0 Å². The zero-order valence-electron chi connectivity index (χ0n) is 8.25. The van der Waals surface area contributed by atoms with E-state index in [1.165, 1.54) is 0 Å². The summed E-state index contributed by atoms with van der Waals surface area (Å²) in [5, 5.41) is 9.81. The van der Waals surface area contributed by atoms with Crippen LogP contribution in [-0.4, -0.2) is 5.11 Å². The topological polar surface area (TPSA) is 20.2 Å². The largest absolute Gasteiger partial charge is 0.388 e. The number of hydrogen-bond donors (Lipinski definition) is 1. The molecule has 1 N–H and O–H groups in total. The highest BCUT2D eigenvalue weighted by Gasteiger charge is 2.08. The Bertz CT molecular complexity index is 302. The van der Waals surface area contributed by atoms with Crippen LogP contribution in [0.25, 0.3) is 0 Å². The number of benzene rings is 1. The summed E-state index contributed by atoms with van der Waals surface area (Å²) in [7, 11) is 0. The van der Waals surface area contributed by atoms with Gasteiger partial charge >= 0.3 is 0 Å². The molecule has 1 nitrogen and oxygen atoms in total. The molecule has 0 aliphatic carbocycles. The van der Waals surface area contributed by atoms with Gasteiger partial charge < -0.3 is 5.11 Å². The fourth-order valence-electron chi connectivity index (χ4n) is 1.40. The van der Waals surface area contributed by atoms with E-state index < -0.39 is 6.10 Å². The lowest BCUT2D eigenvalue weighted by atomic mass is 9.99. The molecule has 1 aromatic rings. The van der Waals surface area contributed by atoms with Gasteiger partial charge in [0, 0.05) is 0 Å². The smallest absolute Gasteiger partial charge is 0.0829 e. The number of aliphatic hydroxyl groups excluding tert-OH is 1. The summed E-state index contributed by atoms with van der Waals surface area (Å²) in [5.74, 6) is 0. The van der Waals surface area contributed by atoms with Crippen LogP contribution < -0.4 is 0 Å². The van der Waals surface area contributed by atoms with Gasteiger partial charge in [0.2, 0.25) is 0 Å². The maximum Gasteiger partial charge on any atom is 0.0829 e. The molecular formula is C12H16O. The second-order valence-corrected chi connectivity index (χ2v) is 3.53. The molecule has 13 heavy (non-hydrogen) atoms. The molecule has 1 aromatic carbocycles. The third kappa shape index (κ3) is 2.71. The van der Waals surface area contributed by atoms with Crippen LogP contribution in [0.2, 0.25) is 0 Å². The van der Waals surface area contributed by atoms with E-state index in [0.717, 1.165) is 16.7 Å². The average molecular weight is 176 g/mol. The van der Waals surface area contributed by atoms with Gasteiger partial charge in [-0.3, -0.25) is 0 Å². The van der Waals surface area contributed by atoms with Crippen LogP contribution in [-0.2, 0) is 0 Å². The summed E-state index contributed by atoms with van der Waals surface area (Å²) in [6.45, 7) is 7.73. The Morgan fingerprint density at radius 2 is 2.08 bits per heavy atom. The first-order valence-electron chi connectivity index (χ1n) is 4.49. The molecule has 0 aliphatic rings. The standard InChI is InChI=1S/C12H16O/c1-9(2)8-12(13)11-7-5-4-6-10(11)3/h4-7,12-13H,1,8H2,2-3H3/t12-/m1/s1. The fourth-order valence-corrected chi connectivity index (χ4v) is 1.40. The van der Waals surface area contributed by atoms with E-state index in [9.17, 15) is 5.11 Å². The molecule has 0 bridgehead atoms. The van der Waals surface area contributed by atoms with E-state index >= 15 is 0 Å². The quantitative estimate of drug-likeness (QED) is 0.702. The number of hydrogen-bond acceptors (Lipinski definition) is 1. The summed E-state index contributed by atoms with van der Waals surface area (Å²) in [6.07, 6.45) is 0.240. The third-order valence-electron chi connectivity index (χ3n) is 2.09. The second-order valence-electron chi connectivity index (χ2n) is 3.53. The predicted octanol–water partition coefficient (Wildman–Crippen LogP) is 2.99. The van der Waals surface area contributed by atoms with Crippen molar-refractivity contribution >= 4 is 0 Å². The number of aliphatic hydroxyl groups is 1. The van der Waals surface area contributed by atoms with Crippen LogP contribution in [0.4, 0.5) is 0 Å². The summed E-state index contributed by atoms with van der Waals surface area (Å²) >= 11 is 0. The van der Waals surface area contributed by atoms with Gasteiger partial charge in [-0.1, -0.05) is 29.8 Å². The second kappa shape index (κ2) is 4.24. The Morgan fingerprint density at radius 1 is 1.46 bits per heavy atom. The summed E-state index contributed by atoms with van der Waals surface area (Å²) in [4.78, 5) is 0. The molecule has 0 aliphatic heterocycles. The number of aryl methyl sites for hydroxylation is 1. The van der Waals surface area contributed by atoms with Gasteiger partial charge in [-0.25, -0.2) is 0 Å². The molecule has 0 amide bonds. The minimum absolute atomic E-state index is 0.404.